The molecule has 2 rings (SSSR count). The van der Waals surface area contributed by atoms with Gasteiger partial charge in [0.25, 0.3) is 0 Å². The fourth-order valence-electron chi connectivity index (χ4n) is 1.52. The van der Waals surface area contributed by atoms with Crippen LogP contribution in [0.4, 0.5) is 0 Å². The number of ether oxygens (including phenoxy) is 2. The van der Waals surface area contributed by atoms with Crippen LogP contribution in [-0.4, -0.2) is 13.2 Å². The lowest BCUT2D eigenvalue weighted by molar-refractivity contribution is -0.149. The Balaban J connectivity index is 2.45. The zero-order chi connectivity index (χ0) is 10.2. The first-order chi connectivity index (χ1) is 6.63. The van der Waals surface area contributed by atoms with Gasteiger partial charge in [0, 0.05) is 5.56 Å². The molecule has 0 N–H and O–H groups in total. The molecular weight excluding hydrogens is 223 g/mol. The van der Waals surface area contributed by atoms with E-state index in [1.807, 2.05) is 19.1 Å². The van der Waals surface area contributed by atoms with Gasteiger partial charge in [-0.3, -0.25) is 0 Å². The maximum Gasteiger partial charge on any atom is 0.193 e. The summed E-state index contributed by atoms with van der Waals surface area (Å²) in [6, 6.07) is 5.44. The van der Waals surface area contributed by atoms with Crippen molar-refractivity contribution in [3.8, 4) is 0 Å². The molecule has 0 aliphatic carbocycles. The van der Waals surface area contributed by atoms with Crippen LogP contribution in [0.3, 0.4) is 0 Å². The normalized spacial score (nSPS) is 19.9. The van der Waals surface area contributed by atoms with Crippen molar-refractivity contribution in [3.05, 3.63) is 33.8 Å². The fraction of sp³-hybridized carbons (Fsp3) is 0.400. The van der Waals surface area contributed by atoms with E-state index < -0.39 is 5.79 Å². The largest absolute Gasteiger partial charge is 0.344 e. The topological polar surface area (TPSA) is 18.5 Å². The summed E-state index contributed by atoms with van der Waals surface area (Å²) < 4.78 is 11.0. The van der Waals surface area contributed by atoms with Gasteiger partial charge in [-0.25, -0.2) is 0 Å². The SMILES string of the molecule is CC1(c2cccc(Cl)c2Cl)OCCO1. The van der Waals surface area contributed by atoms with Crippen molar-refractivity contribution in [1.82, 2.24) is 0 Å². The maximum atomic E-state index is 6.07. The molecule has 76 valence electrons. The average Bonchev–Trinajstić information content (AvgIpc) is 2.58. The van der Waals surface area contributed by atoms with Gasteiger partial charge in [0.1, 0.15) is 0 Å². The molecule has 0 saturated carbocycles. The van der Waals surface area contributed by atoms with Crippen LogP contribution in [0.5, 0.6) is 0 Å². The Kier molecular flexibility index (Phi) is 2.71. The van der Waals surface area contributed by atoms with E-state index in [1.54, 1.807) is 6.07 Å². The second-order valence-corrected chi connectivity index (χ2v) is 4.03. The Morgan fingerprint density at radius 2 is 1.86 bits per heavy atom. The smallest absolute Gasteiger partial charge is 0.193 e. The van der Waals surface area contributed by atoms with Gasteiger partial charge in [-0.15, -0.1) is 0 Å². The lowest BCUT2D eigenvalue weighted by atomic mass is 10.1. The third-order valence-corrected chi connectivity index (χ3v) is 3.10. The second kappa shape index (κ2) is 3.70. The summed E-state index contributed by atoms with van der Waals surface area (Å²) in [5, 5.41) is 1.02. The quantitative estimate of drug-likeness (QED) is 0.741. The van der Waals surface area contributed by atoms with Crippen LogP contribution in [0.25, 0.3) is 0 Å². The Hall–Kier alpha value is -0.280. The number of rotatable bonds is 1. The molecule has 0 radical (unpaired) electrons. The van der Waals surface area contributed by atoms with Gasteiger partial charge in [-0.05, 0) is 13.0 Å². The van der Waals surface area contributed by atoms with Crippen LogP contribution < -0.4 is 0 Å². The van der Waals surface area contributed by atoms with Gasteiger partial charge in [-0.2, -0.15) is 0 Å². The summed E-state index contributed by atoms with van der Waals surface area (Å²) in [4.78, 5) is 0. The summed E-state index contributed by atoms with van der Waals surface area (Å²) in [5.74, 6) is -0.748. The molecule has 2 nitrogen and oxygen atoms in total. The van der Waals surface area contributed by atoms with E-state index in [9.17, 15) is 0 Å². The maximum absolute atomic E-state index is 6.07. The van der Waals surface area contributed by atoms with Crippen molar-refractivity contribution in [3.63, 3.8) is 0 Å². The molecule has 0 spiro atoms. The zero-order valence-corrected chi connectivity index (χ0v) is 9.23. The molecule has 1 aliphatic heterocycles. The van der Waals surface area contributed by atoms with E-state index >= 15 is 0 Å². The molecule has 0 atom stereocenters. The highest BCUT2D eigenvalue weighted by Crippen LogP contribution is 2.38. The summed E-state index contributed by atoms with van der Waals surface area (Å²) in [6.45, 7) is 3.01. The molecule has 1 aromatic carbocycles. The number of benzene rings is 1. The zero-order valence-electron chi connectivity index (χ0n) is 7.72. The lowest BCUT2D eigenvalue weighted by Gasteiger charge is -2.24. The Bertz CT molecular complexity index is 346. The van der Waals surface area contributed by atoms with Crippen molar-refractivity contribution in [2.75, 3.05) is 13.2 Å². The van der Waals surface area contributed by atoms with E-state index in [-0.39, 0.29) is 0 Å². The highest BCUT2D eigenvalue weighted by Gasteiger charge is 2.35. The molecule has 14 heavy (non-hydrogen) atoms. The van der Waals surface area contributed by atoms with Crippen molar-refractivity contribution in [2.45, 2.75) is 12.7 Å². The Labute approximate surface area is 92.7 Å². The molecule has 0 amide bonds. The predicted molar refractivity (Wildman–Crippen MR) is 55.7 cm³/mol. The van der Waals surface area contributed by atoms with Crippen LogP contribution in [0.1, 0.15) is 12.5 Å². The molecule has 4 heteroatoms. The Morgan fingerprint density at radius 1 is 1.21 bits per heavy atom. The van der Waals surface area contributed by atoms with Crippen molar-refractivity contribution < 1.29 is 9.47 Å². The van der Waals surface area contributed by atoms with E-state index in [0.717, 1.165) is 5.56 Å². The van der Waals surface area contributed by atoms with E-state index in [0.29, 0.717) is 23.3 Å². The van der Waals surface area contributed by atoms with Gasteiger partial charge in [-0.1, -0.05) is 35.3 Å². The highest BCUT2D eigenvalue weighted by molar-refractivity contribution is 6.42. The van der Waals surface area contributed by atoms with Gasteiger partial charge in [0.15, 0.2) is 5.79 Å². The van der Waals surface area contributed by atoms with Crippen LogP contribution in [0.15, 0.2) is 18.2 Å². The molecule has 1 heterocycles. The number of halogens is 2. The van der Waals surface area contributed by atoms with Crippen LogP contribution in [0.2, 0.25) is 10.0 Å². The number of hydrogen-bond donors (Lipinski definition) is 0. The Morgan fingerprint density at radius 3 is 2.50 bits per heavy atom. The minimum absolute atomic E-state index is 0.499. The standard InChI is InChI=1S/C10H10Cl2O2/c1-10(13-5-6-14-10)7-3-2-4-8(11)9(7)12/h2-4H,5-6H2,1H3. The van der Waals surface area contributed by atoms with E-state index in [1.165, 1.54) is 0 Å². The molecule has 0 aromatic heterocycles. The lowest BCUT2D eigenvalue weighted by Crippen LogP contribution is -2.22. The molecule has 0 unspecified atom stereocenters. The third kappa shape index (κ3) is 1.63. The first kappa shape index (κ1) is 10.2. The number of hydrogen-bond acceptors (Lipinski definition) is 2. The molecular formula is C10H10Cl2O2. The van der Waals surface area contributed by atoms with Crippen molar-refractivity contribution in [1.29, 1.82) is 0 Å². The summed E-state index contributed by atoms with van der Waals surface area (Å²) in [7, 11) is 0. The van der Waals surface area contributed by atoms with Gasteiger partial charge in [0.2, 0.25) is 0 Å². The first-order valence-corrected chi connectivity index (χ1v) is 5.11. The minimum Gasteiger partial charge on any atom is -0.344 e. The van der Waals surface area contributed by atoms with E-state index in [4.69, 9.17) is 32.7 Å². The van der Waals surface area contributed by atoms with Crippen LogP contribution in [0, 0.1) is 0 Å². The molecule has 1 aromatic rings. The summed E-state index contributed by atoms with van der Waals surface area (Å²) in [6.07, 6.45) is 0. The molecule has 1 fully saturated rings. The van der Waals surface area contributed by atoms with Crippen LogP contribution >= 0.6 is 23.2 Å². The molecule has 1 saturated heterocycles. The van der Waals surface area contributed by atoms with Crippen molar-refractivity contribution in [2.24, 2.45) is 0 Å². The third-order valence-electron chi connectivity index (χ3n) is 2.28. The van der Waals surface area contributed by atoms with Gasteiger partial charge in [0.05, 0.1) is 23.3 Å². The van der Waals surface area contributed by atoms with Crippen molar-refractivity contribution >= 4 is 23.2 Å². The minimum atomic E-state index is -0.748. The summed E-state index contributed by atoms with van der Waals surface area (Å²) >= 11 is 12.0. The highest BCUT2D eigenvalue weighted by atomic mass is 35.5. The second-order valence-electron chi connectivity index (χ2n) is 3.24. The summed E-state index contributed by atoms with van der Waals surface area (Å²) in [5.41, 5.74) is 0.782. The molecule has 1 aliphatic rings. The predicted octanol–water partition coefficient (Wildman–Crippen LogP) is 3.21. The monoisotopic (exact) mass is 232 g/mol. The van der Waals surface area contributed by atoms with E-state index in [2.05, 4.69) is 0 Å². The fourth-order valence-corrected chi connectivity index (χ4v) is 2.00. The van der Waals surface area contributed by atoms with Gasteiger partial charge >= 0.3 is 0 Å². The van der Waals surface area contributed by atoms with Gasteiger partial charge < -0.3 is 9.47 Å². The molecule has 0 bridgehead atoms. The van der Waals surface area contributed by atoms with Crippen LogP contribution in [-0.2, 0) is 15.3 Å². The first-order valence-electron chi connectivity index (χ1n) is 4.36. The average molecular weight is 233 g/mol.